The van der Waals surface area contributed by atoms with E-state index in [1.807, 2.05) is 44.3 Å². The van der Waals surface area contributed by atoms with Gasteiger partial charge in [0.2, 0.25) is 5.16 Å². The van der Waals surface area contributed by atoms with Crippen molar-refractivity contribution in [3.8, 4) is 0 Å². The van der Waals surface area contributed by atoms with Gasteiger partial charge in [-0.1, -0.05) is 35.5 Å². The van der Waals surface area contributed by atoms with Crippen molar-refractivity contribution in [3.63, 3.8) is 0 Å². The zero-order chi connectivity index (χ0) is 16.2. The van der Waals surface area contributed by atoms with Crippen LogP contribution in [0.1, 0.15) is 22.5 Å². The van der Waals surface area contributed by atoms with E-state index in [4.69, 9.17) is 11.6 Å². The molecular weight excluding hydrogens is 330 g/mol. The Labute approximate surface area is 143 Å². The summed E-state index contributed by atoms with van der Waals surface area (Å²) < 4.78 is 1.68. The number of nitrogens with one attached hydrogen (secondary N) is 1. The van der Waals surface area contributed by atoms with E-state index in [9.17, 15) is 0 Å². The first-order chi connectivity index (χ1) is 11.1. The average molecular weight is 346 g/mol. The van der Waals surface area contributed by atoms with Crippen molar-refractivity contribution in [2.45, 2.75) is 24.8 Å². The Balaban J connectivity index is 1.69. The van der Waals surface area contributed by atoms with Gasteiger partial charge in [0.15, 0.2) is 0 Å². The molecule has 3 rings (SSSR count). The summed E-state index contributed by atoms with van der Waals surface area (Å²) in [7, 11) is 0. The molecule has 0 amide bonds. The molecule has 0 unspecified atom stereocenters. The van der Waals surface area contributed by atoms with Crippen molar-refractivity contribution in [2.75, 3.05) is 0 Å². The van der Waals surface area contributed by atoms with Gasteiger partial charge in [-0.15, -0.1) is 10.2 Å². The van der Waals surface area contributed by atoms with E-state index < -0.39 is 0 Å². The molecule has 0 fully saturated rings. The van der Waals surface area contributed by atoms with Crippen LogP contribution in [0.25, 0.3) is 0 Å². The third kappa shape index (κ3) is 4.03. The predicted octanol–water partition coefficient (Wildman–Crippen LogP) is 4.05. The second kappa shape index (κ2) is 7.02. The molecule has 5 nitrogen and oxygen atoms in total. The van der Waals surface area contributed by atoms with E-state index in [1.165, 1.54) is 5.56 Å². The highest BCUT2D eigenvalue weighted by atomic mass is 35.5. The maximum Gasteiger partial charge on any atom is 0.212 e. The monoisotopic (exact) mass is 345 g/mol. The Hall–Kier alpha value is -2.05. The van der Waals surface area contributed by atoms with E-state index in [0.717, 1.165) is 32.9 Å². The molecule has 3 aromatic rings. The largest absolute Gasteiger partial charge is 0.362 e. The van der Waals surface area contributed by atoms with Crippen molar-refractivity contribution >= 4 is 29.6 Å². The fourth-order valence-corrected chi connectivity index (χ4v) is 3.07. The van der Waals surface area contributed by atoms with Gasteiger partial charge in [0, 0.05) is 27.7 Å². The third-order valence-electron chi connectivity index (χ3n) is 3.29. The topological polar surface area (TPSA) is 58.9 Å². The first-order valence-electron chi connectivity index (χ1n) is 7.09. The molecule has 0 aliphatic carbocycles. The van der Waals surface area contributed by atoms with Crippen LogP contribution in [0.4, 0.5) is 0 Å². The summed E-state index contributed by atoms with van der Waals surface area (Å²) in [5, 5.41) is 14.0. The van der Waals surface area contributed by atoms with Crippen LogP contribution in [0.3, 0.4) is 0 Å². The molecule has 0 bridgehead atoms. The summed E-state index contributed by atoms with van der Waals surface area (Å²) in [5.41, 5.74) is 4.44. The van der Waals surface area contributed by atoms with Crippen molar-refractivity contribution in [1.29, 1.82) is 0 Å². The fourth-order valence-electron chi connectivity index (χ4n) is 2.13. The number of rotatable bonds is 5. The molecule has 2 aromatic heterocycles. The smallest absolute Gasteiger partial charge is 0.212 e. The van der Waals surface area contributed by atoms with Crippen molar-refractivity contribution in [3.05, 3.63) is 64.2 Å². The molecule has 0 saturated carbocycles. The Morgan fingerprint density at radius 2 is 2.09 bits per heavy atom. The van der Waals surface area contributed by atoms with Crippen LogP contribution in [0, 0.1) is 13.8 Å². The minimum absolute atomic E-state index is 0.740. The molecule has 0 atom stereocenters. The number of nitrogens with zero attached hydrogens (tertiary/aromatic N) is 4. The minimum Gasteiger partial charge on any atom is -0.362 e. The lowest BCUT2D eigenvalue weighted by atomic mass is 10.2. The van der Waals surface area contributed by atoms with Gasteiger partial charge in [0.25, 0.3) is 0 Å². The highest BCUT2D eigenvalue weighted by Gasteiger charge is 2.05. The standard InChI is InChI=1S/C16H16ClN5S/c1-11-7-14(12(2)20-11)8-19-22-10-18-21-16(22)23-9-13-3-5-15(17)6-4-13/h3-8,10,20H,9H2,1-2H3/b19-8+. The third-order valence-corrected chi connectivity index (χ3v) is 4.55. The Kier molecular flexibility index (Phi) is 4.83. The zero-order valence-electron chi connectivity index (χ0n) is 12.8. The second-order valence-electron chi connectivity index (χ2n) is 5.15. The maximum atomic E-state index is 5.90. The second-order valence-corrected chi connectivity index (χ2v) is 6.53. The maximum absolute atomic E-state index is 5.90. The van der Waals surface area contributed by atoms with Crippen LogP contribution < -0.4 is 0 Å². The number of hydrogen-bond donors (Lipinski definition) is 1. The van der Waals surface area contributed by atoms with Gasteiger partial charge in [-0.3, -0.25) is 0 Å². The van der Waals surface area contributed by atoms with Gasteiger partial charge in [-0.05, 0) is 37.6 Å². The summed E-state index contributed by atoms with van der Waals surface area (Å²) in [6.07, 6.45) is 3.42. The number of H-pyrrole nitrogens is 1. The number of halogens is 1. The van der Waals surface area contributed by atoms with Gasteiger partial charge >= 0.3 is 0 Å². The van der Waals surface area contributed by atoms with Gasteiger partial charge in [-0.25, -0.2) is 0 Å². The molecule has 7 heteroatoms. The summed E-state index contributed by atoms with van der Waals surface area (Å²) in [4.78, 5) is 3.26. The Morgan fingerprint density at radius 3 is 2.78 bits per heavy atom. The summed E-state index contributed by atoms with van der Waals surface area (Å²) in [6.45, 7) is 4.05. The SMILES string of the molecule is Cc1cc(/C=N/n2cnnc2SCc2ccc(Cl)cc2)c(C)[nH]1. The zero-order valence-corrected chi connectivity index (χ0v) is 14.4. The molecule has 0 spiro atoms. The lowest BCUT2D eigenvalue weighted by molar-refractivity contribution is 0.767. The van der Waals surface area contributed by atoms with E-state index in [0.29, 0.717) is 0 Å². The molecule has 0 saturated heterocycles. The van der Waals surface area contributed by atoms with Crippen LogP contribution in [0.15, 0.2) is 46.9 Å². The number of hydrogen-bond acceptors (Lipinski definition) is 4. The van der Waals surface area contributed by atoms with Crippen molar-refractivity contribution < 1.29 is 0 Å². The number of aromatic amines is 1. The van der Waals surface area contributed by atoms with Crippen LogP contribution >= 0.6 is 23.4 Å². The Bertz CT molecular complexity index is 819. The van der Waals surface area contributed by atoms with Crippen molar-refractivity contribution in [1.82, 2.24) is 19.9 Å². The van der Waals surface area contributed by atoms with E-state index in [2.05, 4.69) is 26.3 Å². The predicted molar refractivity (Wildman–Crippen MR) is 94.3 cm³/mol. The van der Waals surface area contributed by atoms with Gasteiger partial charge in [-0.2, -0.15) is 9.78 Å². The first kappa shape index (κ1) is 15.8. The van der Waals surface area contributed by atoms with E-state index >= 15 is 0 Å². The Morgan fingerprint density at radius 1 is 1.30 bits per heavy atom. The summed E-state index contributed by atoms with van der Waals surface area (Å²) >= 11 is 7.48. The van der Waals surface area contributed by atoms with Gasteiger partial charge < -0.3 is 4.98 Å². The number of aryl methyl sites for hydroxylation is 2. The van der Waals surface area contributed by atoms with E-state index in [1.54, 1.807) is 22.8 Å². The molecule has 2 heterocycles. The number of aromatic nitrogens is 4. The van der Waals surface area contributed by atoms with Gasteiger partial charge in [0.1, 0.15) is 6.33 Å². The van der Waals surface area contributed by atoms with Crippen molar-refractivity contribution in [2.24, 2.45) is 5.10 Å². The average Bonchev–Trinajstić information content (AvgIpc) is 3.10. The molecule has 1 aromatic carbocycles. The first-order valence-corrected chi connectivity index (χ1v) is 8.46. The molecule has 0 aliphatic rings. The molecule has 0 radical (unpaired) electrons. The molecule has 1 N–H and O–H groups in total. The van der Waals surface area contributed by atoms with Gasteiger partial charge in [0.05, 0.1) is 6.21 Å². The highest BCUT2D eigenvalue weighted by molar-refractivity contribution is 7.98. The lowest BCUT2D eigenvalue weighted by Crippen LogP contribution is -1.93. The molecule has 23 heavy (non-hydrogen) atoms. The normalized spacial score (nSPS) is 11.4. The van der Waals surface area contributed by atoms with Crippen LogP contribution in [-0.2, 0) is 5.75 Å². The fraction of sp³-hybridized carbons (Fsp3) is 0.188. The van der Waals surface area contributed by atoms with Crippen LogP contribution in [0.5, 0.6) is 0 Å². The van der Waals surface area contributed by atoms with Crippen LogP contribution in [-0.4, -0.2) is 26.1 Å². The summed E-state index contributed by atoms with van der Waals surface area (Å²) in [5.74, 6) is 0.785. The number of benzene rings is 1. The lowest BCUT2D eigenvalue weighted by Gasteiger charge is -2.01. The minimum atomic E-state index is 0.740. The molecule has 118 valence electrons. The highest BCUT2D eigenvalue weighted by Crippen LogP contribution is 2.21. The molecule has 0 aliphatic heterocycles. The number of thioether (sulfide) groups is 1. The summed E-state index contributed by atoms with van der Waals surface area (Å²) in [6, 6.07) is 9.84. The van der Waals surface area contributed by atoms with Crippen LogP contribution in [0.2, 0.25) is 5.02 Å². The molecular formula is C16H16ClN5S. The quantitative estimate of drug-likeness (QED) is 0.560. The van der Waals surface area contributed by atoms with E-state index in [-0.39, 0.29) is 0 Å².